The van der Waals surface area contributed by atoms with Crippen molar-refractivity contribution >= 4 is 15.9 Å². The molecule has 0 fully saturated rings. The van der Waals surface area contributed by atoms with Crippen molar-refractivity contribution in [2.45, 2.75) is 18.4 Å². The maximum absolute atomic E-state index is 12.0. The zero-order chi connectivity index (χ0) is 16.2. The summed E-state index contributed by atoms with van der Waals surface area (Å²) in [5.41, 5.74) is 1.93. The van der Waals surface area contributed by atoms with E-state index < -0.39 is 10.0 Å². The van der Waals surface area contributed by atoms with Gasteiger partial charge in [-0.05, 0) is 43.8 Å². The fourth-order valence-electron chi connectivity index (χ4n) is 1.85. The third-order valence-electron chi connectivity index (χ3n) is 3.08. The lowest BCUT2D eigenvalue weighted by Crippen LogP contribution is -2.24. The Morgan fingerprint density at radius 2 is 1.82 bits per heavy atom. The monoisotopic (exact) mass is 319 g/mol. The van der Waals surface area contributed by atoms with Gasteiger partial charge in [0.2, 0.25) is 10.0 Å². The number of sulfonamides is 1. The number of rotatable bonds is 5. The number of amides is 1. The number of nitrogens with zero attached hydrogens (tertiary/aromatic N) is 1. The minimum absolute atomic E-state index is 0.186. The van der Waals surface area contributed by atoms with Crippen molar-refractivity contribution in [2.24, 2.45) is 0 Å². The van der Waals surface area contributed by atoms with Gasteiger partial charge in [0.1, 0.15) is 5.69 Å². The largest absolute Gasteiger partial charge is 0.347 e. The molecule has 1 aromatic carbocycles. The Kier molecular flexibility index (Phi) is 4.89. The molecule has 0 spiro atoms. The summed E-state index contributed by atoms with van der Waals surface area (Å²) >= 11 is 0. The van der Waals surface area contributed by atoms with Gasteiger partial charge in [-0.1, -0.05) is 18.2 Å². The van der Waals surface area contributed by atoms with E-state index in [-0.39, 0.29) is 10.8 Å². The second-order valence-corrected chi connectivity index (χ2v) is 6.58. The Balaban J connectivity index is 2.02. The SMILES string of the molecule is CNS(=O)(=O)c1ccc(CNC(=O)c2cccc(C)n2)cc1. The van der Waals surface area contributed by atoms with Crippen LogP contribution >= 0.6 is 0 Å². The molecule has 0 aliphatic carbocycles. The number of pyridine rings is 1. The fraction of sp³-hybridized carbons (Fsp3) is 0.200. The molecule has 1 amide bonds. The summed E-state index contributed by atoms with van der Waals surface area (Å²) < 4.78 is 25.5. The zero-order valence-electron chi connectivity index (χ0n) is 12.3. The van der Waals surface area contributed by atoms with E-state index in [9.17, 15) is 13.2 Å². The van der Waals surface area contributed by atoms with Gasteiger partial charge in [-0.2, -0.15) is 0 Å². The van der Waals surface area contributed by atoms with Crippen LogP contribution in [0.4, 0.5) is 0 Å². The smallest absolute Gasteiger partial charge is 0.270 e. The van der Waals surface area contributed by atoms with E-state index in [2.05, 4.69) is 15.0 Å². The molecule has 0 bridgehead atoms. The normalized spacial score (nSPS) is 11.2. The van der Waals surface area contributed by atoms with Crippen molar-refractivity contribution in [2.75, 3.05) is 7.05 Å². The number of nitrogens with one attached hydrogen (secondary N) is 2. The summed E-state index contributed by atoms with van der Waals surface area (Å²) in [5, 5.41) is 2.75. The number of aromatic nitrogens is 1. The van der Waals surface area contributed by atoms with Crippen LogP contribution in [0.25, 0.3) is 0 Å². The Labute approximate surface area is 129 Å². The van der Waals surface area contributed by atoms with Crippen LogP contribution in [0.3, 0.4) is 0 Å². The van der Waals surface area contributed by atoms with Crippen molar-refractivity contribution in [1.29, 1.82) is 0 Å². The molecule has 0 atom stereocenters. The van der Waals surface area contributed by atoms with E-state index in [1.54, 1.807) is 24.3 Å². The Bertz CT molecular complexity index is 771. The highest BCUT2D eigenvalue weighted by Crippen LogP contribution is 2.10. The van der Waals surface area contributed by atoms with Crippen molar-refractivity contribution < 1.29 is 13.2 Å². The summed E-state index contributed by atoms with van der Waals surface area (Å²) in [6.07, 6.45) is 0. The number of benzene rings is 1. The van der Waals surface area contributed by atoms with Crippen molar-refractivity contribution in [3.8, 4) is 0 Å². The molecule has 1 aromatic heterocycles. The molecule has 2 aromatic rings. The first-order valence-electron chi connectivity index (χ1n) is 6.67. The molecule has 1 heterocycles. The van der Waals surface area contributed by atoms with Crippen LogP contribution < -0.4 is 10.0 Å². The Hall–Kier alpha value is -2.25. The topological polar surface area (TPSA) is 88.2 Å². The van der Waals surface area contributed by atoms with Gasteiger partial charge in [0.25, 0.3) is 5.91 Å². The molecule has 7 heteroatoms. The molecule has 0 radical (unpaired) electrons. The van der Waals surface area contributed by atoms with Crippen LogP contribution in [0.2, 0.25) is 0 Å². The molecule has 2 rings (SSSR count). The first kappa shape index (κ1) is 16.1. The number of hydrogen-bond acceptors (Lipinski definition) is 4. The molecule has 0 unspecified atom stereocenters. The minimum Gasteiger partial charge on any atom is -0.347 e. The summed E-state index contributed by atoms with van der Waals surface area (Å²) in [5.74, 6) is -0.268. The van der Waals surface area contributed by atoms with Gasteiger partial charge in [0.05, 0.1) is 4.90 Å². The standard InChI is InChI=1S/C15H17N3O3S/c1-11-4-3-5-14(18-11)15(19)17-10-12-6-8-13(9-7-12)22(20,21)16-2/h3-9,16H,10H2,1-2H3,(H,17,19). The molecular formula is C15H17N3O3S. The van der Waals surface area contributed by atoms with Crippen LogP contribution in [-0.2, 0) is 16.6 Å². The molecule has 0 aliphatic rings. The predicted molar refractivity (Wildman–Crippen MR) is 82.8 cm³/mol. The van der Waals surface area contributed by atoms with Gasteiger partial charge >= 0.3 is 0 Å². The van der Waals surface area contributed by atoms with E-state index in [1.807, 2.05) is 13.0 Å². The summed E-state index contributed by atoms with van der Waals surface area (Å²) in [4.78, 5) is 16.3. The van der Waals surface area contributed by atoms with Crippen molar-refractivity contribution in [3.05, 3.63) is 59.4 Å². The molecular weight excluding hydrogens is 302 g/mol. The molecule has 0 saturated heterocycles. The third kappa shape index (κ3) is 3.90. The lowest BCUT2D eigenvalue weighted by atomic mass is 10.2. The van der Waals surface area contributed by atoms with Gasteiger partial charge in [-0.3, -0.25) is 4.79 Å². The first-order valence-corrected chi connectivity index (χ1v) is 8.15. The van der Waals surface area contributed by atoms with Crippen LogP contribution in [-0.4, -0.2) is 26.4 Å². The minimum atomic E-state index is -3.44. The maximum atomic E-state index is 12.0. The van der Waals surface area contributed by atoms with E-state index in [1.165, 1.54) is 19.2 Å². The van der Waals surface area contributed by atoms with Crippen LogP contribution in [0.5, 0.6) is 0 Å². The second kappa shape index (κ2) is 6.67. The highest BCUT2D eigenvalue weighted by atomic mass is 32.2. The highest BCUT2D eigenvalue weighted by molar-refractivity contribution is 7.89. The number of carbonyl (C=O) groups is 1. The Morgan fingerprint density at radius 1 is 1.14 bits per heavy atom. The molecule has 116 valence electrons. The quantitative estimate of drug-likeness (QED) is 0.867. The highest BCUT2D eigenvalue weighted by Gasteiger charge is 2.11. The lowest BCUT2D eigenvalue weighted by molar-refractivity contribution is 0.0945. The van der Waals surface area contributed by atoms with Crippen molar-refractivity contribution in [3.63, 3.8) is 0 Å². The third-order valence-corrected chi connectivity index (χ3v) is 4.51. The van der Waals surface area contributed by atoms with E-state index in [0.717, 1.165) is 11.3 Å². The summed E-state index contributed by atoms with van der Waals surface area (Å²) in [6, 6.07) is 11.6. The summed E-state index contributed by atoms with van der Waals surface area (Å²) in [6.45, 7) is 2.12. The Morgan fingerprint density at radius 3 is 2.41 bits per heavy atom. The molecule has 2 N–H and O–H groups in total. The number of hydrogen-bond donors (Lipinski definition) is 2. The summed E-state index contributed by atoms with van der Waals surface area (Å²) in [7, 11) is -2.08. The number of aryl methyl sites for hydroxylation is 1. The van der Waals surface area contributed by atoms with E-state index in [0.29, 0.717) is 12.2 Å². The van der Waals surface area contributed by atoms with Crippen LogP contribution in [0.1, 0.15) is 21.7 Å². The number of carbonyl (C=O) groups excluding carboxylic acids is 1. The molecule has 6 nitrogen and oxygen atoms in total. The van der Waals surface area contributed by atoms with Crippen LogP contribution in [0, 0.1) is 6.92 Å². The van der Waals surface area contributed by atoms with E-state index >= 15 is 0 Å². The van der Waals surface area contributed by atoms with Gasteiger partial charge in [0.15, 0.2) is 0 Å². The molecule has 0 aliphatic heterocycles. The lowest BCUT2D eigenvalue weighted by Gasteiger charge is -2.07. The second-order valence-electron chi connectivity index (χ2n) is 4.70. The average Bonchev–Trinajstić information content (AvgIpc) is 2.53. The van der Waals surface area contributed by atoms with Crippen molar-refractivity contribution in [1.82, 2.24) is 15.0 Å². The zero-order valence-corrected chi connectivity index (χ0v) is 13.1. The first-order chi connectivity index (χ1) is 10.4. The van der Waals surface area contributed by atoms with Gasteiger partial charge in [-0.15, -0.1) is 0 Å². The molecule has 22 heavy (non-hydrogen) atoms. The van der Waals surface area contributed by atoms with E-state index in [4.69, 9.17) is 0 Å². The fourth-order valence-corrected chi connectivity index (χ4v) is 2.58. The van der Waals surface area contributed by atoms with Gasteiger partial charge in [-0.25, -0.2) is 18.1 Å². The van der Waals surface area contributed by atoms with Crippen LogP contribution in [0.15, 0.2) is 47.4 Å². The predicted octanol–water partition coefficient (Wildman–Crippen LogP) is 1.23. The molecule has 0 saturated carbocycles. The average molecular weight is 319 g/mol. The maximum Gasteiger partial charge on any atom is 0.270 e. The van der Waals surface area contributed by atoms with Gasteiger partial charge < -0.3 is 5.32 Å². The van der Waals surface area contributed by atoms with Gasteiger partial charge in [0, 0.05) is 12.2 Å².